The van der Waals surface area contributed by atoms with Crippen molar-refractivity contribution < 1.29 is 5.11 Å². The average molecular weight is 220 g/mol. The molecule has 0 saturated heterocycles. The standard InChI is InChI=1S/C15H24O/c1-4-12(3)10-13(5-2)11-14-6-8-15(16)9-7-14/h6-9,12-13,16H,4-5,10-11H2,1-3H3. The van der Waals surface area contributed by atoms with Crippen LogP contribution >= 0.6 is 0 Å². The van der Waals surface area contributed by atoms with Crippen LogP contribution in [0.3, 0.4) is 0 Å². The van der Waals surface area contributed by atoms with Crippen LogP contribution in [0.2, 0.25) is 0 Å². The highest BCUT2D eigenvalue weighted by molar-refractivity contribution is 5.26. The minimum absolute atomic E-state index is 0.360. The lowest BCUT2D eigenvalue weighted by molar-refractivity contribution is 0.371. The summed E-state index contributed by atoms with van der Waals surface area (Å²) in [4.78, 5) is 0. The molecule has 1 heteroatoms. The molecule has 0 aromatic heterocycles. The summed E-state index contributed by atoms with van der Waals surface area (Å²) < 4.78 is 0. The second-order valence-electron chi connectivity index (χ2n) is 4.89. The van der Waals surface area contributed by atoms with E-state index in [0.29, 0.717) is 5.75 Å². The van der Waals surface area contributed by atoms with Gasteiger partial charge in [-0.2, -0.15) is 0 Å². The second kappa shape index (κ2) is 6.57. The van der Waals surface area contributed by atoms with E-state index in [1.807, 2.05) is 12.1 Å². The van der Waals surface area contributed by atoms with Crippen molar-refractivity contribution in [1.82, 2.24) is 0 Å². The lowest BCUT2D eigenvalue weighted by Crippen LogP contribution is -2.08. The van der Waals surface area contributed by atoms with Crippen molar-refractivity contribution in [3.05, 3.63) is 29.8 Å². The van der Waals surface area contributed by atoms with Crippen LogP contribution in [0.25, 0.3) is 0 Å². The third-order valence-electron chi connectivity index (χ3n) is 3.47. The number of hydrogen-bond acceptors (Lipinski definition) is 1. The Morgan fingerprint density at radius 1 is 1.06 bits per heavy atom. The fourth-order valence-corrected chi connectivity index (χ4v) is 2.10. The molecule has 1 nitrogen and oxygen atoms in total. The van der Waals surface area contributed by atoms with Crippen LogP contribution in [-0.2, 0) is 6.42 Å². The summed E-state index contributed by atoms with van der Waals surface area (Å²) in [6, 6.07) is 7.64. The normalized spacial score (nSPS) is 14.7. The maximum atomic E-state index is 9.23. The quantitative estimate of drug-likeness (QED) is 0.753. The van der Waals surface area contributed by atoms with Crippen LogP contribution in [0.15, 0.2) is 24.3 Å². The Hall–Kier alpha value is -0.980. The summed E-state index contributed by atoms with van der Waals surface area (Å²) in [5.74, 6) is 1.96. The highest BCUT2D eigenvalue weighted by atomic mass is 16.3. The molecule has 0 radical (unpaired) electrons. The lowest BCUT2D eigenvalue weighted by atomic mass is 9.87. The summed E-state index contributed by atoms with van der Waals surface area (Å²) in [6.07, 6.45) is 4.96. The Bertz CT molecular complexity index is 289. The Labute approximate surface area is 99.5 Å². The molecule has 0 bridgehead atoms. The zero-order valence-corrected chi connectivity index (χ0v) is 10.7. The first kappa shape index (κ1) is 13.1. The largest absolute Gasteiger partial charge is 0.508 e. The first-order valence-corrected chi connectivity index (χ1v) is 6.43. The first-order valence-electron chi connectivity index (χ1n) is 6.43. The highest BCUT2D eigenvalue weighted by Crippen LogP contribution is 2.22. The van der Waals surface area contributed by atoms with Crippen LogP contribution in [0, 0.1) is 11.8 Å². The monoisotopic (exact) mass is 220 g/mol. The van der Waals surface area contributed by atoms with E-state index in [4.69, 9.17) is 0 Å². The Kier molecular flexibility index (Phi) is 5.37. The molecule has 1 N–H and O–H groups in total. The van der Waals surface area contributed by atoms with Gasteiger partial charge in [-0.05, 0) is 42.4 Å². The number of phenols is 1. The molecule has 0 saturated carbocycles. The van der Waals surface area contributed by atoms with Crippen molar-refractivity contribution in [2.75, 3.05) is 0 Å². The number of benzene rings is 1. The highest BCUT2D eigenvalue weighted by Gasteiger charge is 2.11. The van der Waals surface area contributed by atoms with E-state index >= 15 is 0 Å². The van der Waals surface area contributed by atoms with E-state index in [0.717, 1.165) is 18.3 Å². The van der Waals surface area contributed by atoms with E-state index in [-0.39, 0.29) is 0 Å². The summed E-state index contributed by atoms with van der Waals surface area (Å²) in [7, 11) is 0. The van der Waals surface area contributed by atoms with Crippen molar-refractivity contribution in [1.29, 1.82) is 0 Å². The lowest BCUT2D eigenvalue weighted by Gasteiger charge is -2.18. The Morgan fingerprint density at radius 2 is 1.69 bits per heavy atom. The van der Waals surface area contributed by atoms with E-state index in [2.05, 4.69) is 20.8 Å². The van der Waals surface area contributed by atoms with Crippen molar-refractivity contribution in [3.63, 3.8) is 0 Å². The summed E-state index contributed by atoms with van der Waals surface area (Å²) in [5.41, 5.74) is 1.34. The maximum Gasteiger partial charge on any atom is 0.115 e. The molecule has 90 valence electrons. The molecule has 2 unspecified atom stereocenters. The number of phenolic OH excluding ortho intramolecular Hbond substituents is 1. The molecule has 0 aliphatic heterocycles. The molecule has 1 rings (SSSR count). The predicted molar refractivity (Wildman–Crippen MR) is 69.7 cm³/mol. The zero-order chi connectivity index (χ0) is 12.0. The Balaban J connectivity index is 2.52. The van der Waals surface area contributed by atoms with E-state index in [1.54, 1.807) is 12.1 Å². The minimum Gasteiger partial charge on any atom is -0.508 e. The van der Waals surface area contributed by atoms with Crippen LogP contribution in [0.4, 0.5) is 0 Å². The molecule has 0 spiro atoms. The molecular formula is C15H24O. The van der Waals surface area contributed by atoms with Crippen molar-refractivity contribution in [3.8, 4) is 5.75 Å². The van der Waals surface area contributed by atoms with Gasteiger partial charge in [-0.15, -0.1) is 0 Å². The van der Waals surface area contributed by atoms with Gasteiger partial charge >= 0.3 is 0 Å². The molecule has 0 aliphatic carbocycles. The molecule has 16 heavy (non-hydrogen) atoms. The summed E-state index contributed by atoms with van der Waals surface area (Å²) >= 11 is 0. The molecular weight excluding hydrogens is 196 g/mol. The van der Waals surface area contributed by atoms with Crippen LogP contribution in [0.1, 0.15) is 45.6 Å². The second-order valence-corrected chi connectivity index (χ2v) is 4.89. The molecule has 0 aliphatic rings. The third-order valence-corrected chi connectivity index (χ3v) is 3.47. The van der Waals surface area contributed by atoms with Gasteiger partial charge in [0.2, 0.25) is 0 Å². The van der Waals surface area contributed by atoms with Crippen LogP contribution in [-0.4, -0.2) is 5.11 Å². The fourth-order valence-electron chi connectivity index (χ4n) is 2.10. The minimum atomic E-state index is 0.360. The Morgan fingerprint density at radius 3 is 2.19 bits per heavy atom. The number of rotatable bonds is 6. The molecule has 1 aromatic carbocycles. The number of hydrogen-bond donors (Lipinski definition) is 1. The molecule has 1 aromatic rings. The fraction of sp³-hybridized carbons (Fsp3) is 0.600. The van der Waals surface area contributed by atoms with Crippen LogP contribution in [0.5, 0.6) is 5.75 Å². The molecule has 0 amide bonds. The van der Waals surface area contributed by atoms with Gasteiger partial charge in [0.1, 0.15) is 5.75 Å². The average Bonchev–Trinajstić information content (AvgIpc) is 2.30. The molecule has 0 fully saturated rings. The summed E-state index contributed by atoms with van der Waals surface area (Å²) in [6.45, 7) is 6.87. The van der Waals surface area contributed by atoms with Crippen molar-refractivity contribution in [2.24, 2.45) is 11.8 Å². The van der Waals surface area contributed by atoms with E-state index < -0.39 is 0 Å². The van der Waals surface area contributed by atoms with Gasteiger partial charge in [0.25, 0.3) is 0 Å². The SMILES string of the molecule is CCC(C)CC(CC)Cc1ccc(O)cc1. The van der Waals surface area contributed by atoms with Gasteiger partial charge in [-0.3, -0.25) is 0 Å². The summed E-state index contributed by atoms with van der Waals surface area (Å²) in [5, 5.41) is 9.23. The zero-order valence-electron chi connectivity index (χ0n) is 10.7. The van der Waals surface area contributed by atoms with Gasteiger partial charge in [-0.1, -0.05) is 45.7 Å². The van der Waals surface area contributed by atoms with E-state index in [9.17, 15) is 5.11 Å². The topological polar surface area (TPSA) is 20.2 Å². The number of aromatic hydroxyl groups is 1. The smallest absolute Gasteiger partial charge is 0.115 e. The molecule has 2 atom stereocenters. The van der Waals surface area contributed by atoms with Crippen LogP contribution < -0.4 is 0 Å². The predicted octanol–water partition coefficient (Wildman–Crippen LogP) is 4.40. The van der Waals surface area contributed by atoms with Gasteiger partial charge in [0.15, 0.2) is 0 Å². The van der Waals surface area contributed by atoms with Gasteiger partial charge in [0, 0.05) is 0 Å². The van der Waals surface area contributed by atoms with Gasteiger partial charge in [0.05, 0.1) is 0 Å². The molecule has 0 heterocycles. The van der Waals surface area contributed by atoms with Gasteiger partial charge in [-0.25, -0.2) is 0 Å². The third kappa shape index (κ3) is 4.26. The first-order chi connectivity index (χ1) is 7.65. The van der Waals surface area contributed by atoms with Gasteiger partial charge < -0.3 is 5.11 Å². The van der Waals surface area contributed by atoms with Crippen molar-refractivity contribution in [2.45, 2.75) is 46.5 Å². The van der Waals surface area contributed by atoms with E-state index in [1.165, 1.54) is 24.8 Å². The van der Waals surface area contributed by atoms with Crippen molar-refractivity contribution >= 4 is 0 Å². The maximum absolute atomic E-state index is 9.23.